The van der Waals surface area contributed by atoms with Crippen LogP contribution in [0.1, 0.15) is 75.8 Å². The van der Waals surface area contributed by atoms with Crippen molar-refractivity contribution in [2.45, 2.75) is 83.3 Å². The van der Waals surface area contributed by atoms with Crippen LogP contribution in [-0.4, -0.2) is 35.7 Å². The van der Waals surface area contributed by atoms with Gasteiger partial charge in [-0.15, -0.1) is 0 Å². The summed E-state index contributed by atoms with van der Waals surface area (Å²) < 4.78 is 6.04. The highest BCUT2D eigenvalue weighted by molar-refractivity contribution is 5.99. The van der Waals surface area contributed by atoms with Crippen molar-refractivity contribution >= 4 is 17.5 Å². The maximum absolute atomic E-state index is 13.8. The van der Waals surface area contributed by atoms with Crippen molar-refractivity contribution in [3.8, 4) is 5.75 Å². The van der Waals surface area contributed by atoms with E-state index in [1.54, 1.807) is 10.4 Å². The predicted octanol–water partition coefficient (Wildman–Crippen LogP) is 4.93. The molecule has 2 aliphatic rings. The number of hydrogen-bond donors (Lipinski definition) is 3. The van der Waals surface area contributed by atoms with Gasteiger partial charge in [-0.1, -0.05) is 82.3 Å². The molecule has 1 heterocycles. The van der Waals surface area contributed by atoms with Crippen LogP contribution in [0.4, 0.5) is 5.69 Å². The van der Waals surface area contributed by atoms with Crippen molar-refractivity contribution in [2.24, 2.45) is 5.92 Å². The number of hydroxylamine groups is 1. The molecule has 1 aliphatic heterocycles. The van der Waals surface area contributed by atoms with Gasteiger partial charge in [0.1, 0.15) is 18.4 Å². The van der Waals surface area contributed by atoms with Crippen LogP contribution < -0.4 is 20.4 Å². The summed E-state index contributed by atoms with van der Waals surface area (Å²) in [4.78, 5) is 28.1. The Morgan fingerprint density at radius 3 is 2.50 bits per heavy atom. The van der Waals surface area contributed by atoms with Crippen molar-refractivity contribution in [1.29, 1.82) is 0 Å². The van der Waals surface area contributed by atoms with E-state index < -0.39 is 18.0 Å². The molecule has 0 aromatic heterocycles. The zero-order valence-corrected chi connectivity index (χ0v) is 21.4. The van der Waals surface area contributed by atoms with Crippen LogP contribution in [0.5, 0.6) is 5.75 Å². The molecule has 2 aromatic rings. The second-order valence-corrected chi connectivity index (χ2v) is 10.4. The monoisotopic (exact) mass is 493 g/mol. The third-order valence-electron chi connectivity index (χ3n) is 7.53. The summed E-state index contributed by atoms with van der Waals surface area (Å²) >= 11 is 0. The van der Waals surface area contributed by atoms with Gasteiger partial charge in [0.2, 0.25) is 5.91 Å². The summed E-state index contributed by atoms with van der Waals surface area (Å²) in [5, 5.41) is 12.6. The molecule has 0 spiro atoms. The molecule has 0 unspecified atom stereocenters. The van der Waals surface area contributed by atoms with Crippen LogP contribution in [0, 0.1) is 5.92 Å². The maximum atomic E-state index is 13.8. The first kappa shape index (κ1) is 26.2. The predicted molar refractivity (Wildman–Crippen MR) is 140 cm³/mol. The third kappa shape index (κ3) is 6.45. The number of rotatable bonds is 9. The van der Waals surface area contributed by atoms with Crippen molar-refractivity contribution in [3.05, 3.63) is 59.7 Å². The molecule has 4 rings (SSSR count). The van der Waals surface area contributed by atoms with E-state index >= 15 is 0 Å². The molecular formula is C29H39N3O4. The van der Waals surface area contributed by atoms with E-state index in [0.29, 0.717) is 36.2 Å². The van der Waals surface area contributed by atoms with E-state index in [9.17, 15) is 14.8 Å². The standard InChI is InChI=1S/C29H39N3O4/c1-20(2)23-15-12-22(13-16-23)18-32-26-10-6-7-11-27(26)36-19-25(29(32)34)30-24(28(33)31-35)17-14-21-8-4-3-5-9-21/h6-7,10-13,15-16,20-21,24-25,30,35H,3-5,8-9,14,17-19H2,1-2H3,(H,31,33)/t24-,25-/m0/s1. The number of carbonyl (C=O) groups is 2. The highest BCUT2D eigenvalue weighted by atomic mass is 16.5. The molecule has 36 heavy (non-hydrogen) atoms. The number of para-hydroxylation sites is 2. The average molecular weight is 494 g/mol. The van der Waals surface area contributed by atoms with Gasteiger partial charge in [-0.05, 0) is 47.9 Å². The topological polar surface area (TPSA) is 90.9 Å². The van der Waals surface area contributed by atoms with E-state index in [-0.39, 0.29) is 12.5 Å². The SMILES string of the molecule is CC(C)c1ccc(CN2C(=O)[C@@H](N[C@@H](CCC3CCCCC3)C(=O)NO)COc3ccccc32)cc1. The minimum absolute atomic E-state index is 0.108. The molecule has 7 nitrogen and oxygen atoms in total. The Morgan fingerprint density at radius 2 is 1.81 bits per heavy atom. The number of nitrogens with zero attached hydrogens (tertiary/aromatic N) is 1. The van der Waals surface area contributed by atoms with Crippen molar-refractivity contribution in [3.63, 3.8) is 0 Å². The number of fused-ring (bicyclic) bond motifs is 1. The molecule has 0 bridgehead atoms. The molecule has 1 fully saturated rings. The van der Waals surface area contributed by atoms with Crippen molar-refractivity contribution in [2.75, 3.05) is 11.5 Å². The van der Waals surface area contributed by atoms with Gasteiger partial charge in [-0.2, -0.15) is 0 Å². The lowest BCUT2D eigenvalue weighted by molar-refractivity contribution is -0.132. The van der Waals surface area contributed by atoms with Crippen LogP contribution >= 0.6 is 0 Å². The van der Waals surface area contributed by atoms with Crippen LogP contribution in [-0.2, 0) is 16.1 Å². The molecule has 2 aromatic carbocycles. The minimum atomic E-state index is -0.721. The number of hydrogen-bond acceptors (Lipinski definition) is 5. The summed E-state index contributed by atoms with van der Waals surface area (Å²) in [6, 6.07) is 14.5. The highest BCUT2D eigenvalue weighted by Gasteiger charge is 2.34. The van der Waals surface area contributed by atoms with Gasteiger partial charge in [-0.25, -0.2) is 5.48 Å². The second-order valence-electron chi connectivity index (χ2n) is 10.4. The Kier molecular flexibility index (Phi) is 8.99. The molecule has 0 radical (unpaired) electrons. The van der Waals surface area contributed by atoms with Gasteiger partial charge < -0.3 is 9.64 Å². The van der Waals surface area contributed by atoms with Gasteiger partial charge in [0.15, 0.2) is 0 Å². The summed E-state index contributed by atoms with van der Waals surface area (Å²) in [7, 11) is 0. The smallest absolute Gasteiger partial charge is 0.260 e. The molecule has 3 N–H and O–H groups in total. The second kappa shape index (κ2) is 12.4. The Hall–Kier alpha value is -2.90. The summed E-state index contributed by atoms with van der Waals surface area (Å²) in [5.41, 5.74) is 4.77. The summed E-state index contributed by atoms with van der Waals surface area (Å²) in [6.45, 7) is 4.82. The lowest BCUT2D eigenvalue weighted by Crippen LogP contribution is -2.55. The Labute approximate surface area is 214 Å². The van der Waals surface area contributed by atoms with Gasteiger partial charge in [0, 0.05) is 0 Å². The van der Waals surface area contributed by atoms with E-state index in [1.165, 1.54) is 37.7 Å². The zero-order chi connectivity index (χ0) is 25.5. The van der Waals surface area contributed by atoms with Crippen molar-refractivity contribution in [1.82, 2.24) is 10.8 Å². The fourth-order valence-electron chi connectivity index (χ4n) is 5.32. The van der Waals surface area contributed by atoms with Crippen LogP contribution in [0.2, 0.25) is 0 Å². The van der Waals surface area contributed by atoms with Crippen LogP contribution in [0.3, 0.4) is 0 Å². The van der Waals surface area contributed by atoms with Crippen LogP contribution in [0.25, 0.3) is 0 Å². The Morgan fingerprint density at radius 1 is 1.08 bits per heavy atom. The number of benzene rings is 2. The van der Waals surface area contributed by atoms with E-state index in [4.69, 9.17) is 4.74 Å². The maximum Gasteiger partial charge on any atom is 0.260 e. The van der Waals surface area contributed by atoms with E-state index in [1.807, 2.05) is 24.3 Å². The molecule has 1 aliphatic carbocycles. The Bertz CT molecular complexity index is 1020. The fourth-order valence-corrected chi connectivity index (χ4v) is 5.32. The molecule has 2 atom stereocenters. The van der Waals surface area contributed by atoms with Gasteiger partial charge in [0.05, 0.1) is 18.3 Å². The first-order valence-electron chi connectivity index (χ1n) is 13.3. The van der Waals surface area contributed by atoms with Crippen molar-refractivity contribution < 1.29 is 19.5 Å². The molecule has 7 heteroatoms. The number of carbonyl (C=O) groups excluding carboxylic acids is 2. The zero-order valence-electron chi connectivity index (χ0n) is 21.4. The third-order valence-corrected chi connectivity index (χ3v) is 7.53. The van der Waals surface area contributed by atoms with Gasteiger partial charge in [-0.3, -0.25) is 20.1 Å². The summed E-state index contributed by atoms with van der Waals surface area (Å²) in [6.07, 6.45) is 7.54. The molecule has 0 saturated heterocycles. The van der Waals surface area contributed by atoms with E-state index in [0.717, 1.165) is 12.0 Å². The number of nitrogens with one attached hydrogen (secondary N) is 2. The number of ether oxygens (including phenoxy) is 1. The first-order chi connectivity index (χ1) is 17.5. The first-order valence-corrected chi connectivity index (χ1v) is 13.3. The largest absolute Gasteiger partial charge is 0.489 e. The lowest BCUT2D eigenvalue weighted by atomic mass is 9.85. The van der Waals surface area contributed by atoms with E-state index in [2.05, 4.69) is 43.4 Å². The Balaban J connectivity index is 1.52. The lowest BCUT2D eigenvalue weighted by Gasteiger charge is -2.28. The minimum Gasteiger partial charge on any atom is -0.489 e. The molecule has 194 valence electrons. The molecule has 1 saturated carbocycles. The quantitative estimate of drug-likeness (QED) is 0.340. The van der Waals surface area contributed by atoms with Gasteiger partial charge >= 0.3 is 0 Å². The normalized spacial score (nSPS) is 19.4. The van der Waals surface area contributed by atoms with Crippen LogP contribution in [0.15, 0.2) is 48.5 Å². The average Bonchev–Trinajstić information content (AvgIpc) is 3.03. The summed E-state index contributed by atoms with van der Waals surface area (Å²) in [5.74, 6) is 0.992. The number of amides is 2. The van der Waals surface area contributed by atoms with Gasteiger partial charge in [0.25, 0.3) is 5.91 Å². The molecule has 2 amide bonds. The molecular weight excluding hydrogens is 454 g/mol. The fraction of sp³-hybridized carbons (Fsp3) is 0.517. The number of anilines is 1. The highest BCUT2D eigenvalue weighted by Crippen LogP contribution is 2.33.